The Morgan fingerprint density at radius 2 is 1.64 bits per heavy atom. The highest BCUT2D eigenvalue weighted by Gasteiger charge is 2.31. The average molecular weight is 371 g/mol. The Hall–Kier alpha value is -2.65. The van der Waals surface area contributed by atoms with Crippen molar-refractivity contribution in [2.75, 3.05) is 0 Å². The van der Waals surface area contributed by atoms with Crippen LogP contribution >= 0.6 is 0 Å². The van der Waals surface area contributed by atoms with Crippen molar-refractivity contribution in [3.8, 4) is 5.75 Å². The molecule has 0 spiro atoms. The van der Waals surface area contributed by atoms with Gasteiger partial charge in [-0.2, -0.15) is 0 Å². The number of halogens is 3. The van der Waals surface area contributed by atoms with E-state index in [1.807, 2.05) is 0 Å². The van der Waals surface area contributed by atoms with Crippen LogP contribution in [0, 0.1) is 0 Å². The minimum Gasteiger partial charge on any atom is -0.405 e. The summed E-state index contributed by atoms with van der Waals surface area (Å²) < 4.78 is 63.2. The van der Waals surface area contributed by atoms with Crippen LogP contribution in [0.15, 0.2) is 59.5 Å². The minimum atomic E-state index is -4.85. The maximum Gasteiger partial charge on any atom is 0.573 e. The van der Waals surface area contributed by atoms with Crippen LogP contribution in [0.5, 0.6) is 5.75 Å². The quantitative estimate of drug-likeness (QED) is 0.646. The van der Waals surface area contributed by atoms with E-state index in [1.54, 1.807) is 0 Å². The summed E-state index contributed by atoms with van der Waals surface area (Å²) in [6.07, 6.45) is -2.61. The smallest absolute Gasteiger partial charge is 0.405 e. The van der Waals surface area contributed by atoms with Gasteiger partial charge in [0.05, 0.1) is 4.90 Å². The Labute approximate surface area is 141 Å². The number of sulfonamides is 1. The molecule has 0 radical (unpaired) electrons. The van der Waals surface area contributed by atoms with E-state index in [0.29, 0.717) is 0 Å². The van der Waals surface area contributed by atoms with Gasteiger partial charge in [0.2, 0.25) is 10.0 Å². The van der Waals surface area contributed by atoms with Gasteiger partial charge in [0, 0.05) is 11.1 Å². The zero-order valence-corrected chi connectivity index (χ0v) is 13.3. The number of carbonyl (C=O) groups excluding carboxylic acids is 1. The molecule has 0 fully saturated rings. The van der Waals surface area contributed by atoms with Crippen LogP contribution in [0.25, 0.3) is 6.08 Å². The number of allylic oxidation sites excluding steroid dienone is 1. The predicted molar refractivity (Wildman–Crippen MR) is 84.3 cm³/mol. The standard InChI is InChI=1S/C16H12F3NO4S/c17-16(18,19)24-15-4-2-1-3-12(15)7-10-14(21)11-5-8-13(9-6-11)25(20,22)23/h1-10H,(H2,20,22,23)/b10-7+. The van der Waals surface area contributed by atoms with Gasteiger partial charge in [-0.05, 0) is 42.5 Å². The van der Waals surface area contributed by atoms with E-state index in [1.165, 1.54) is 36.4 Å². The van der Waals surface area contributed by atoms with Gasteiger partial charge in [-0.15, -0.1) is 13.2 Å². The first kappa shape index (κ1) is 18.7. The highest BCUT2D eigenvalue weighted by molar-refractivity contribution is 7.89. The second-order valence-electron chi connectivity index (χ2n) is 4.85. The molecule has 0 unspecified atom stereocenters. The molecule has 0 aromatic heterocycles. The topological polar surface area (TPSA) is 86.5 Å². The molecule has 9 heteroatoms. The van der Waals surface area contributed by atoms with Crippen molar-refractivity contribution in [3.05, 3.63) is 65.7 Å². The number of nitrogens with two attached hydrogens (primary N) is 1. The van der Waals surface area contributed by atoms with Gasteiger partial charge in [-0.25, -0.2) is 13.6 Å². The van der Waals surface area contributed by atoms with E-state index in [2.05, 4.69) is 4.74 Å². The molecule has 0 bridgehead atoms. The third-order valence-corrected chi connectivity index (χ3v) is 3.96. The van der Waals surface area contributed by atoms with E-state index >= 15 is 0 Å². The fourth-order valence-electron chi connectivity index (χ4n) is 1.91. The van der Waals surface area contributed by atoms with Gasteiger partial charge in [0.15, 0.2) is 5.78 Å². The van der Waals surface area contributed by atoms with Crippen LogP contribution in [-0.4, -0.2) is 20.6 Å². The van der Waals surface area contributed by atoms with Crippen LogP contribution in [-0.2, 0) is 10.0 Å². The van der Waals surface area contributed by atoms with Crippen molar-refractivity contribution >= 4 is 21.9 Å². The van der Waals surface area contributed by atoms with Crippen LogP contribution in [0.3, 0.4) is 0 Å². The average Bonchev–Trinajstić information content (AvgIpc) is 2.51. The maximum absolute atomic E-state index is 12.3. The van der Waals surface area contributed by atoms with Crippen molar-refractivity contribution < 1.29 is 31.1 Å². The van der Waals surface area contributed by atoms with Crippen LogP contribution in [0.1, 0.15) is 15.9 Å². The van der Waals surface area contributed by atoms with Gasteiger partial charge in [0.1, 0.15) is 5.75 Å². The third-order valence-electron chi connectivity index (χ3n) is 3.03. The molecule has 2 N–H and O–H groups in total. The Bertz CT molecular complexity index is 904. The van der Waals surface area contributed by atoms with Gasteiger partial charge < -0.3 is 4.74 Å². The van der Waals surface area contributed by atoms with Crippen LogP contribution < -0.4 is 9.88 Å². The zero-order valence-electron chi connectivity index (χ0n) is 12.5. The van der Waals surface area contributed by atoms with E-state index in [-0.39, 0.29) is 16.0 Å². The Balaban J connectivity index is 2.21. The fraction of sp³-hybridized carbons (Fsp3) is 0.0625. The number of hydrogen-bond donors (Lipinski definition) is 1. The zero-order chi connectivity index (χ0) is 18.7. The number of para-hydroxylation sites is 1. The lowest BCUT2D eigenvalue weighted by atomic mass is 10.1. The molecule has 2 aromatic rings. The third kappa shape index (κ3) is 5.44. The number of ketones is 1. The molecule has 0 aliphatic heterocycles. The van der Waals surface area contributed by atoms with Gasteiger partial charge in [-0.3, -0.25) is 4.79 Å². The van der Waals surface area contributed by atoms with Crippen molar-refractivity contribution in [3.63, 3.8) is 0 Å². The van der Waals surface area contributed by atoms with Gasteiger partial charge >= 0.3 is 6.36 Å². The van der Waals surface area contributed by atoms with E-state index < -0.39 is 27.9 Å². The predicted octanol–water partition coefficient (Wildman–Crippen LogP) is 3.13. The lowest BCUT2D eigenvalue weighted by molar-refractivity contribution is -0.274. The Morgan fingerprint density at radius 1 is 1.04 bits per heavy atom. The van der Waals surface area contributed by atoms with Gasteiger partial charge in [0.25, 0.3) is 0 Å². The number of primary sulfonamides is 1. The fourth-order valence-corrected chi connectivity index (χ4v) is 2.42. The van der Waals surface area contributed by atoms with Crippen LogP contribution in [0.4, 0.5) is 13.2 Å². The summed E-state index contributed by atoms with van der Waals surface area (Å²) in [4.78, 5) is 11.9. The van der Waals surface area contributed by atoms with Crippen molar-refractivity contribution in [2.24, 2.45) is 5.14 Å². The summed E-state index contributed by atoms with van der Waals surface area (Å²) in [6, 6.07) is 10.2. The highest BCUT2D eigenvalue weighted by Crippen LogP contribution is 2.27. The van der Waals surface area contributed by atoms with Crippen molar-refractivity contribution in [2.45, 2.75) is 11.3 Å². The van der Waals surface area contributed by atoms with Gasteiger partial charge in [-0.1, -0.05) is 18.2 Å². The van der Waals surface area contributed by atoms with Crippen molar-refractivity contribution in [1.29, 1.82) is 0 Å². The largest absolute Gasteiger partial charge is 0.573 e. The summed E-state index contributed by atoms with van der Waals surface area (Å²) in [6.45, 7) is 0. The highest BCUT2D eigenvalue weighted by atomic mass is 32.2. The summed E-state index contributed by atoms with van der Waals surface area (Å²) in [5, 5.41) is 4.95. The molecule has 5 nitrogen and oxygen atoms in total. The van der Waals surface area contributed by atoms with Crippen molar-refractivity contribution in [1.82, 2.24) is 0 Å². The lowest BCUT2D eigenvalue weighted by Crippen LogP contribution is -2.17. The summed E-state index contributed by atoms with van der Waals surface area (Å²) in [5.74, 6) is -0.966. The first-order chi connectivity index (χ1) is 11.6. The van der Waals surface area contributed by atoms with E-state index in [4.69, 9.17) is 5.14 Å². The molecular weight excluding hydrogens is 359 g/mol. The number of hydrogen-bond acceptors (Lipinski definition) is 4. The first-order valence-corrected chi connectivity index (χ1v) is 8.31. The molecule has 25 heavy (non-hydrogen) atoms. The summed E-state index contributed by atoms with van der Waals surface area (Å²) in [7, 11) is -3.88. The van der Waals surface area contributed by atoms with E-state index in [9.17, 15) is 26.4 Å². The number of carbonyl (C=O) groups is 1. The molecule has 132 valence electrons. The molecule has 0 aliphatic carbocycles. The molecule has 0 heterocycles. The number of rotatable bonds is 5. The van der Waals surface area contributed by atoms with Crippen LogP contribution in [0.2, 0.25) is 0 Å². The monoisotopic (exact) mass is 371 g/mol. The first-order valence-electron chi connectivity index (χ1n) is 6.76. The molecule has 2 aromatic carbocycles. The second-order valence-corrected chi connectivity index (χ2v) is 6.41. The van der Waals surface area contributed by atoms with E-state index in [0.717, 1.165) is 24.3 Å². The maximum atomic E-state index is 12.3. The summed E-state index contributed by atoms with van der Waals surface area (Å²) >= 11 is 0. The number of ether oxygens (including phenoxy) is 1. The molecule has 0 atom stereocenters. The molecule has 0 amide bonds. The Kier molecular flexibility index (Phi) is 5.29. The Morgan fingerprint density at radius 3 is 2.20 bits per heavy atom. The molecule has 2 rings (SSSR count). The molecule has 0 saturated heterocycles. The molecule has 0 saturated carbocycles. The molecule has 0 aliphatic rings. The SMILES string of the molecule is NS(=O)(=O)c1ccc(C(=O)/C=C/c2ccccc2OC(F)(F)F)cc1. The number of alkyl halides is 3. The normalized spacial score (nSPS) is 12.3. The number of benzene rings is 2. The minimum absolute atomic E-state index is 0.0642. The molecular formula is C16H12F3NO4S. The summed E-state index contributed by atoms with van der Waals surface area (Å²) in [5.41, 5.74) is 0.215. The lowest BCUT2D eigenvalue weighted by Gasteiger charge is -2.10. The second kappa shape index (κ2) is 7.08.